The number of halogens is 2. The van der Waals surface area contributed by atoms with Gasteiger partial charge in [0.15, 0.2) is 5.78 Å². The first-order chi connectivity index (χ1) is 22.4. The summed E-state index contributed by atoms with van der Waals surface area (Å²) in [6, 6.07) is 11.5. The lowest BCUT2D eigenvalue weighted by atomic mass is 9.91. The number of ketones is 1. The van der Waals surface area contributed by atoms with Gasteiger partial charge in [-0.3, -0.25) is 19.1 Å². The molecule has 2 aromatic heterocycles. The third-order valence-electron chi connectivity index (χ3n) is 7.42. The number of aromatic nitrogens is 4. The molecule has 242 valence electrons. The molecular weight excluding hydrogens is 627 g/mol. The average molecular weight is 659 g/mol. The molecule has 2 heterocycles. The molecule has 0 radical (unpaired) electrons. The van der Waals surface area contributed by atoms with E-state index in [0.717, 1.165) is 0 Å². The van der Waals surface area contributed by atoms with Gasteiger partial charge >= 0.3 is 6.03 Å². The fraction of sp³-hybridized carbons (Fsp3) is 0.242. The molecule has 4 amide bonds. The fourth-order valence-electron chi connectivity index (χ4n) is 5.15. The van der Waals surface area contributed by atoms with Crippen LogP contribution in [0.4, 0.5) is 20.6 Å². The minimum Gasteiger partial charge on any atom is -0.343 e. The van der Waals surface area contributed by atoms with Crippen LogP contribution in [-0.4, -0.2) is 72.0 Å². The van der Waals surface area contributed by atoms with Gasteiger partial charge in [0.05, 0.1) is 30.1 Å². The maximum Gasteiger partial charge on any atom is 0.323 e. The van der Waals surface area contributed by atoms with E-state index in [9.17, 15) is 19.2 Å². The number of urea groups is 1. The Morgan fingerprint density at radius 2 is 1.74 bits per heavy atom. The van der Waals surface area contributed by atoms with Crippen molar-refractivity contribution in [2.24, 2.45) is 0 Å². The standard InChI is InChI=1S/C33H32ClFN8O4/c1-20(2)42(17-29(45)40-28-11-7-10-26(33(28,34)35)22-8-5-4-6-9-22)30(46)18-43-27-13-12-23(14-25(27)31(41-43)21(3)44)38-32(47)39-24-15-36-19-37-16-24/h4-16,19-20,28H,17-18H2,1-3H3,(H,40,45)(H2,38,39,47). The minimum atomic E-state index is -2.42. The quantitative estimate of drug-likeness (QED) is 0.161. The summed E-state index contributed by atoms with van der Waals surface area (Å²) in [6.45, 7) is 4.18. The molecule has 4 aromatic rings. The van der Waals surface area contributed by atoms with Crippen molar-refractivity contribution in [2.45, 2.75) is 44.5 Å². The molecule has 14 heteroatoms. The third-order valence-corrected chi connectivity index (χ3v) is 7.86. The van der Waals surface area contributed by atoms with Gasteiger partial charge < -0.3 is 20.9 Å². The fourth-order valence-corrected chi connectivity index (χ4v) is 5.45. The van der Waals surface area contributed by atoms with Gasteiger partial charge in [-0.15, -0.1) is 0 Å². The first-order valence-electron chi connectivity index (χ1n) is 14.7. The lowest BCUT2D eigenvalue weighted by Crippen LogP contribution is -2.52. The molecule has 0 saturated heterocycles. The number of anilines is 2. The Labute approximate surface area is 274 Å². The van der Waals surface area contributed by atoms with Crippen molar-refractivity contribution < 1.29 is 23.6 Å². The van der Waals surface area contributed by atoms with E-state index in [4.69, 9.17) is 11.6 Å². The van der Waals surface area contributed by atoms with Crippen molar-refractivity contribution in [3.05, 3.63) is 96.7 Å². The Bertz CT molecular complexity index is 1880. The van der Waals surface area contributed by atoms with Crippen LogP contribution in [-0.2, 0) is 16.1 Å². The number of alkyl halides is 2. The molecule has 0 bridgehead atoms. The van der Waals surface area contributed by atoms with E-state index in [2.05, 4.69) is 31.0 Å². The Balaban J connectivity index is 1.29. The van der Waals surface area contributed by atoms with Crippen LogP contribution in [0.2, 0.25) is 0 Å². The van der Waals surface area contributed by atoms with Crippen LogP contribution in [0.25, 0.3) is 16.5 Å². The summed E-state index contributed by atoms with van der Waals surface area (Å²) in [6.07, 6.45) is 8.86. The molecule has 0 spiro atoms. The molecule has 2 aromatic carbocycles. The van der Waals surface area contributed by atoms with Gasteiger partial charge in [0.25, 0.3) is 0 Å². The predicted molar refractivity (Wildman–Crippen MR) is 176 cm³/mol. The average Bonchev–Trinajstić information content (AvgIpc) is 3.39. The van der Waals surface area contributed by atoms with Crippen LogP contribution in [0, 0.1) is 0 Å². The SMILES string of the molecule is CC(=O)c1nn(CC(=O)N(CC(=O)NC2C=CC=C(c3ccccc3)C2(F)Cl)C(C)C)c2ccc(NC(=O)Nc3cncnc3)cc12. The van der Waals surface area contributed by atoms with Crippen LogP contribution in [0.5, 0.6) is 0 Å². The van der Waals surface area contributed by atoms with Crippen molar-refractivity contribution >= 4 is 63.1 Å². The highest BCUT2D eigenvalue weighted by molar-refractivity contribution is 6.30. The van der Waals surface area contributed by atoms with Crippen LogP contribution in [0.3, 0.4) is 0 Å². The van der Waals surface area contributed by atoms with E-state index >= 15 is 4.39 Å². The largest absolute Gasteiger partial charge is 0.343 e. The monoisotopic (exact) mass is 658 g/mol. The highest BCUT2D eigenvalue weighted by Crippen LogP contribution is 2.40. The topological polar surface area (TPSA) is 151 Å². The minimum absolute atomic E-state index is 0.106. The molecular formula is C33H32ClFN8O4. The Hall–Kier alpha value is -5.43. The molecule has 2 atom stereocenters. The summed E-state index contributed by atoms with van der Waals surface area (Å²) in [5, 5.41) is 10.3. The van der Waals surface area contributed by atoms with Gasteiger partial charge in [0, 0.05) is 29.6 Å². The van der Waals surface area contributed by atoms with Gasteiger partial charge in [0.2, 0.25) is 16.9 Å². The highest BCUT2D eigenvalue weighted by atomic mass is 35.5. The van der Waals surface area contributed by atoms with Crippen LogP contribution < -0.4 is 16.0 Å². The third kappa shape index (κ3) is 7.52. The molecule has 12 nitrogen and oxygen atoms in total. The summed E-state index contributed by atoms with van der Waals surface area (Å²) < 4.78 is 17.3. The van der Waals surface area contributed by atoms with Crippen molar-refractivity contribution in [3.63, 3.8) is 0 Å². The second kappa shape index (κ2) is 13.9. The van der Waals surface area contributed by atoms with E-state index in [0.29, 0.717) is 27.8 Å². The lowest BCUT2D eigenvalue weighted by molar-refractivity contribution is -0.138. The number of nitrogens with zero attached hydrogens (tertiary/aromatic N) is 5. The second-order valence-electron chi connectivity index (χ2n) is 11.1. The number of nitrogens with one attached hydrogen (secondary N) is 3. The van der Waals surface area contributed by atoms with E-state index in [-0.39, 0.29) is 30.1 Å². The lowest BCUT2D eigenvalue weighted by Gasteiger charge is -2.33. The summed E-state index contributed by atoms with van der Waals surface area (Å²) in [4.78, 5) is 60.7. The van der Waals surface area contributed by atoms with Gasteiger partial charge in [-0.25, -0.2) is 19.2 Å². The molecule has 0 aliphatic heterocycles. The summed E-state index contributed by atoms with van der Waals surface area (Å²) in [5.74, 6) is -1.41. The van der Waals surface area contributed by atoms with Crippen molar-refractivity contribution in [1.82, 2.24) is 30.0 Å². The number of rotatable bonds is 10. The van der Waals surface area contributed by atoms with Crippen molar-refractivity contribution in [3.8, 4) is 0 Å². The first-order valence-corrected chi connectivity index (χ1v) is 15.1. The van der Waals surface area contributed by atoms with Gasteiger partial charge in [0.1, 0.15) is 24.6 Å². The maximum absolute atomic E-state index is 15.9. The zero-order chi connectivity index (χ0) is 33.7. The predicted octanol–water partition coefficient (Wildman–Crippen LogP) is 4.95. The molecule has 2 unspecified atom stereocenters. The van der Waals surface area contributed by atoms with Gasteiger partial charge in [-0.2, -0.15) is 5.10 Å². The molecule has 5 rings (SSSR count). The number of hydrogen-bond acceptors (Lipinski definition) is 7. The zero-order valence-electron chi connectivity index (χ0n) is 25.8. The van der Waals surface area contributed by atoms with E-state index < -0.39 is 35.1 Å². The van der Waals surface area contributed by atoms with Crippen LogP contribution >= 0.6 is 11.6 Å². The Morgan fingerprint density at radius 3 is 2.43 bits per heavy atom. The van der Waals surface area contributed by atoms with Crippen molar-refractivity contribution in [2.75, 3.05) is 17.2 Å². The molecule has 1 aliphatic carbocycles. The number of hydrogen-bond donors (Lipinski definition) is 3. The number of benzene rings is 2. The van der Waals surface area contributed by atoms with Crippen LogP contribution in [0.1, 0.15) is 36.8 Å². The number of carbonyl (C=O) groups excluding carboxylic acids is 4. The molecule has 0 fully saturated rings. The van der Waals surface area contributed by atoms with E-state index in [1.54, 1.807) is 74.5 Å². The van der Waals surface area contributed by atoms with Gasteiger partial charge in [-0.05, 0) is 37.6 Å². The smallest absolute Gasteiger partial charge is 0.323 e. The van der Waals surface area contributed by atoms with Crippen molar-refractivity contribution in [1.29, 1.82) is 0 Å². The molecule has 3 N–H and O–H groups in total. The zero-order valence-corrected chi connectivity index (χ0v) is 26.5. The Kier molecular flexibility index (Phi) is 9.75. The highest BCUT2D eigenvalue weighted by Gasteiger charge is 2.42. The normalized spacial score (nSPS) is 17.2. The van der Waals surface area contributed by atoms with Crippen LogP contribution in [0.15, 0.2) is 85.5 Å². The summed E-state index contributed by atoms with van der Waals surface area (Å²) >= 11 is 6.36. The Morgan fingerprint density at radius 1 is 1.04 bits per heavy atom. The summed E-state index contributed by atoms with van der Waals surface area (Å²) in [7, 11) is 0. The first kappa shape index (κ1) is 32.9. The number of allylic oxidation sites excluding steroid dienone is 2. The molecule has 1 aliphatic rings. The van der Waals surface area contributed by atoms with E-state index in [1.807, 2.05) is 0 Å². The number of fused-ring (bicyclic) bond motifs is 1. The number of Topliss-reactive ketones (excluding diaryl/α,β-unsaturated/α-hetero) is 1. The molecule has 0 saturated carbocycles. The van der Waals surface area contributed by atoms with E-state index in [1.165, 1.54) is 41.3 Å². The van der Waals surface area contributed by atoms with Gasteiger partial charge in [-0.1, -0.05) is 60.2 Å². The molecule has 47 heavy (non-hydrogen) atoms. The maximum atomic E-state index is 15.9. The second-order valence-corrected chi connectivity index (χ2v) is 11.7. The number of carbonyl (C=O) groups is 4. The number of amides is 4. The summed E-state index contributed by atoms with van der Waals surface area (Å²) in [5.41, 5.74) is 2.14.